The van der Waals surface area contributed by atoms with Crippen LogP contribution >= 0.6 is 28.8 Å². The van der Waals surface area contributed by atoms with Crippen molar-refractivity contribution >= 4 is 28.8 Å². The van der Waals surface area contributed by atoms with Crippen molar-refractivity contribution in [3.05, 3.63) is 0 Å². The maximum Gasteiger partial charge on any atom is 0.0777 e. The molecule has 8 heavy (non-hydrogen) atoms. The minimum absolute atomic E-state index is 0.0907. The van der Waals surface area contributed by atoms with Gasteiger partial charge >= 0.3 is 0 Å². The van der Waals surface area contributed by atoms with Gasteiger partial charge < -0.3 is 4.18 Å². The van der Waals surface area contributed by atoms with E-state index in [2.05, 4.69) is 28.8 Å². The number of hydrogen-bond donors (Lipinski definition) is 1. The summed E-state index contributed by atoms with van der Waals surface area (Å²) in [6.07, 6.45) is 0.983. The highest BCUT2D eigenvalue weighted by Crippen LogP contribution is 2.16. The van der Waals surface area contributed by atoms with E-state index in [0.29, 0.717) is 0 Å². The van der Waals surface area contributed by atoms with Gasteiger partial charge in [-0.2, -0.15) is 0 Å². The summed E-state index contributed by atoms with van der Waals surface area (Å²) in [5.74, 6) is 0. The van der Waals surface area contributed by atoms with Crippen LogP contribution in [0.1, 0.15) is 20.3 Å². The Morgan fingerprint density at radius 2 is 2.12 bits per heavy atom. The SMILES string of the molecule is CC(C)(CCBr)OS. The molecule has 3 heteroatoms. The van der Waals surface area contributed by atoms with E-state index in [1.54, 1.807) is 0 Å². The predicted molar refractivity (Wildman–Crippen MR) is 42.6 cm³/mol. The Hall–Kier alpha value is 0.790. The minimum atomic E-state index is -0.0907. The molecule has 0 aliphatic carbocycles. The van der Waals surface area contributed by atoms with Crippen molar-refractivity contribution in [2.75, 3.05) is 5.33 Å². The number of rotatable bonds is 3. The second kappa shape index (κ2) is 3.75. The average Bonchev–Trinajstić information content (AvgIpc) is 1.67. The van der Waals surface area contributed by atoms with Gasteiger partial charge in [-0.15, -0.1) is 0 Å². The second-order valence-corrected chi connectivity index (χ2v) is 3.27. The van der Waals surface area contributed by atoms with Crippen molar-refractivity contribution in [2.24, 2.45) is 0 Å². The Morgan fingerprint density at radius 3 is 2.25 bits per heavy atom. The van der Waals surface area contributed by atoms with Gasteiger partial charge in [0.1, 0.15) is 0 Å². The van der Waals surface area contributed by atoms with Crippen LogP contribution in [0.25, 0.3) is 0 Å². The molecule has 0 heterocycles. The van der Waals surface area contributed by atoms with E-state index in [1.807, 2.05) is 13.8 Å². The van der Waals surface area contributed by atoms with Crippen LogP contribution < -0.4 is 0 Å². The molecule has 0 spiro atoms. The van der Waals surface area contributed by atoms with Gasteiger partial charge in [-0.3, -0.25) is 0 Å². The molecule has 0 aliphatic heterocycles. The van der Waals surface area contributed by atoms with Crippen molar-refractivity contribution in [1.82, 2.24) is 0 Å². The zero-order valence-electron chi connectivity index (χ0n) is 5.15. The number of alkyl halides is 1. The van der Waals surface area contributed by atoms with Crippen molar-refractivity contribution in [3.8, 4) is 0 Å². The number of halogens is 1. The summed E-state index contributed by atoms with van der Waals surface area (Å²) in [6, 6.07) is 0. The van der Waals surface area contributed by atoms with Gasteiger partial charge in [0.2, 0.25) is 0 Å². The third-order valence-electron chi connectivity index (χ3n) is 0.944. The molecule has 0 unspecified atom stereocenters. The van der Waals surface area contributed by atoms with Gasteiger partial charge in [-0.1, -0.05) is 15.9 Å². The zero-order chi connectivity index (χ0) is 6.62. The maximum atomic E-state index is 4.84. The molecule has 0 aromatic carbocycles. The van der Waals surface area contributed by atoms with Gasteiger partial charge in [0.05, 0.1) is 5.60 Å². The summed E-state index contributed by atoms with van der Waals surface area (Å²) in [7, 11) is 0. The fraction of sp³-hybridized carbons (Fsp3) is 1.00. The molecule has 0 atom stereocenters. The molecule has 0 aliphatic rings. The summed E-state index contributed by atoms with van der Waals surface area (Å²) in [6.45, 7) is 4.00. The zero-order valence-corrected chi connectivity index (χ0v) is 7.63. The highest BCUT2D eigenvalue weighted by atomic mass is 79.9. The molecule has 0 saturated heterocycles. The highest BCUT2D eigenvalue weighted by Gasteiger charge is 2.14. The third kappa shape index (κ3) is 3.75. The van der Waals surface area contributed by atoms with Crippen molar-refractivity contribution in [2.45, 2.75) is 25.9 Å². The lowest BCUT2D eigenvalue weighted by Gasteiger charge is -2.19. The van der Waals surface area contributed by atoms with Crippen LogP contribution in [0.15, 0.2) is 0 Å². The van der Waals surface area contributed by atoms with Crippen LogP contribution in [0.3, 0.4) is 0 Å². The molecule has 0 saturated carbocycles. The van der Waals surface area contributed by atoms with Crippen LogP contribution in [0, 0.1) is 0 Å². The number of thiol groups is 1. The van der Waals surface area contributed by atoms with Crippen LogP contribution in [0.5, 0.6) is 0 Å². The Kier molecular flexibility index (Phi) is 4.12. The first-order valence-electron chi connectivity index (χ1n) is 2.51. The van der Waals surface area contributed by atoms with Crippen LogP contribution in [-0.4, -0.2) is 10.9 Å². The van der Waals surface area contributed by atoms with Gasteiger partial charge in [0, 0.05) is 5.33 Å². The van der Waals surface area contributed by atoms with Gasteiger partial charge in [0.25, 0.3) is 0 Å². The molecule has 0 fully saturated rings. The first kappa shape index (κ1) is 8.79. The summed E-state index contributed by atoms with van der Waals surface area (Å²) >= 11 is 7.03. The topological polar surface area (TPSA) is 9.23 Å². The van der Waals surface area contributed by atoms with Crippen molar-refractivity contribution < 1.29 is 4.18 Å². The Balaban J connectivity index is 3.37. The molecule has 0 amide bonds. The van der Waals surface area contributed by atoms with Crippen LogP contribution in [-0.2, 0) is 4.18 Å². The molecule has 0 bridgehead atoms. The van der Waals surface area contributed by atoms with E-state index in [1.165, 1.54) is 0 Å². The van der Waals surface area contributed by atoms with E-state index in [0.717, 1.165) is 11.8 Å². The lowest BCUT2D eigenvalue weighted by Crippen LogP contribution is -2.20. The lowest BCUT2D eigenvalue weighted by atomic mass is 10.1. The minimum Gasteiger partial charge on any atom is -0.313 e. The largest absolute Gasteiger partial charge is 0.313 e. The van der Waals surface area contributed by atoms with E-state index >= 15 is 0 Å². The fourth-order valence-electron chi connectivity index (χ4n) is 0.273. The van der Waals surface area contributed by atoms with Crippen molar-refractivity contribution in [3.63, 3.8) is 0 Å². The Bertz CT molecular complexity index is 65.4. The highest BCUT2D eigenvalue weighted by molar-refractivity contribution is 9.09. The van der Waals surface area contributed by atoms with E-state index < -0.39 is 0 Å². The fourth-order valence-corrected chi connectivity index (χ4v) is 1.32. The van der Waals surface area contributed by atoms with E-state index in [9.17, 15) is 0 Å². The first-order valence-corrected chi connectivity index (χ1v) is 3.99. The molecule has 0 aromatic rings. The number of hydrogen-bond acceptors (Lipinski definition) is 2. The standard InChI is InChI=1S/C5H11BrOS/c1-5(2,7-8)3-4-6/h8H,3-4H2,1-2H3. The average molecular weight is 199 g/mol. The van der Waals surface area contributed by atoms with Gasteiger partial charge in [-0.05, 0) is 33.2 Å². The lowest BCUT2D eigenvalue weighted by molar-refractivity contribution is 0.142. The second-order valence-electron chi connectivity index (χ2n) is 2.29. The summed E-state index contributed by atoms with van der Waals surface area (Å²) in [5.41, 5.74) is -0.0907. The quantitative estimate of drug-likeness (QED) is 0.417. The molecule has 50 valence electrons. The first-order chi connectivity index (χ1) is 3.62. The van der Waals surface area contributed by atoms with Crippen LogP contribution in [0.2, 0.25) is 0 Å². The van der Waals surface area contributed by atoms with Gasteiger partial charge in [0.15, 0.2) is 0 Å². The summed E-state index contributed by atoms with van der Waals surface area (Å²) in [4.78, 5) is 0. The molecular weight excluding hydrogens is 188 g/mol. The summed E-state index contributed by atoms with van der Waals surface area (Å²) < 4.78 is 4.84. The monoisotopic (exact) mass is 198 g/mol. The Morgan fingerprint density at radius 1 is 1.62 bits per heavy atom. The molecule has 0 aromatic heterocycles. The van der Waals surface area contributed by atoms with Crippen LogP contribution in [0.4, 0.5) is 0 Å². The Labute approximate surface area is 64.5 Å². The summed E-state index contributed by atoms with van der Waals surface area (Å²) in [5, 5.41) is 0.959. The normalized spacial score (nSPS) is 12.0. The predicted octanol–water partition coefficient (Wildman–Crippen LogP) is 2.41. The van der Waals surface area contributed by atoms with E-state index in [-0.39, 0.29) is 5.60 Å². The third-order valence-corrected chi connectivity index (χ3v) is 1.83. The molecule has 1 nitrogen and oxygen atoms in total. The van der Waals surface area contributed by atoms with E-state index in [4.69, 9.17) is 4.18 Å². The van der Waals surface area contributed by atoms with Crippen molar-refractivity contribution in [1.29, 1.82) is 0 Å². The maximum absolute atomic E-state index is 4.84. The molecule has 0 rings (SSSR count). The smallest absolute Gasteiger partial charge is 0.0777 e. The molecular formula is C5H11BrOS. The van der Waals surface area contributed by atoms with Gasteiger partial charge in [-0.25, -0.2) is 0 Å². The molecule has 0 radical (unpaired) electrons. The molecule has 0 N–H and O–H groups in total.